The summed E-state index contributed by atoms with van der Waals surface area (Å²) in [6.45, 7) is 1.12. The highest BCUT2D eigenvalue weighted by Gasteiger charge is 2.43. The molecule has 3 aliphatic carbocycles. The predicted molar refractivity (Wildman–Crippen MR) is 77.2 cm³/mol. The van der Waals surface area contributed by atoms with Gasteiger partial charge in [0.2, 0.25) is 0 Å². The second-order valence-corrected chi connectivity index (χ2v) is 7.63. The van der Waals surface area contributed by atoms with Crippen LogP contribution in [0.2, 0.25) is 0 Å². The van der Waals surface area contributed by atoms with Crippen molar-refractivity contribution in [3.8, 4) is 0 Å². The molecule has 1 saturated heterocycles. The Balaban J connectivity index is 1.27. The molecule has 4 fully saturated rings. The van der Waals surface area contributed by atoms with E-state index in [2.05, 4.69) is 5.32 Å². The van der Waals surface area contributed by atoms with Crippen LogP contribution in [0.1, 0.15) is 70.6 Å². The first kappa shape index (κ1) is 12.6. The van der Waals surface area contributed by atoms with Crippen LogP contribution in [0.4, 0.5) is 0 Å². The van der Waals surface area contributed by atoms with Gasteiger partial charge >= 0.3 is 0 Å². The van der Waals surface area contributed by atoms with Crippen LogP contribution in [0, 0.1) is 11.8 Å². The van der Waals surface area contributed by atoms with Crippen molar-refractivity contribution in [3.63, 3.8) is 0 Å². The first-order valence-electron chi connectivity index (χ1n) is 8.76. The molecule has 0 aromatic heterocycles. The molecule has 19 heavy (non-hydrogen) atoms. The van der Waals surface area contributed by atoms with Gasteiger partial charge in [-0.1, -0.05) is 19.3 Å². The molecule has 0 aromatic carbocycles. The summed E-state index contributed by atoms with van der Waals surface area (Å²) in [5.74, 6) is 2.02. The van der Waals surface area contributed by atoms with Gasteiger partial charge in [0.15, 0.2) is 0 Å². The summed E-state index contributed by atoms with van der Waals surface area (Å²) < 4.78 is 6.48. The molecule has 4 aliphatic rings. The fourth-order valence-corrected chi connectivity index (χ4v) is 4.50. The number of ether oxygens (including phenoxy) is 1. The summed E-state index contributed by atoms with van der Waals surface area (Å²) in [5.41, 5.74) is 0.305. The molecule has 0 radical (unpaired) electrons. The monoisotopic (exact) mass is 263 g/mol. The smallest absolute Gasteiger partial charge is 0.0708 e. The third kappa shape index (κ3) is 2.85. The van der Waals surface area contributed by atoms with E-state index in [9.17, 15) is 0 Å². The molecular formula is C17H29NO. The number of nitrogens with one attached hydrogen (secondary N) is 1. The van der Waals surface area contributed by atoms with Crippen LogP contribution >= 0.6 is 0 Å². The van der Waals surface area contributed by atoms with Crippen molar-refractivity contribution in [1.29, 1.82) is 0 Å². The number of hydrogen-bond acceptors (Lipinski definition) is 2. The fourth-order valence-electron chi connectivity index (χ4n) is 4.50. The zero-order valence-electron chi connectivity index (χ0n) is 12.2. The Morgan fingerprint density at radius 3 is 2.21 bits per heavy atom. The van der Waals surface area contributed by atoms with E-state index < -0.39 is 0 Å². The van der Waals surface area contributed by atoms with Crippen LogP contribution in [0.5, 0.6) is 0 Å². The topological polar surface area (TPSA) is 21.3 Å². The third-order valence-corrected chi connectivity index (χ3v) is 5.94. The van der Waals surface area contributed by atoms with E-state index in [4.69, 9.17) is 4.74 Å². The Kier molecular flexibility index (Phi) is 3.35. The van der Waals surface area contributed by atoms with Gasteiger partial charge in [-0.15, -0.1) is 0 Å². The van der Waals surface area contributed by atoms with Crippen LogP contribution in [-0.2, 0) is 4.74 Å². The van der Waals surface area contributed by atoms with Gasteiger partial charge in [0, 0.05) is 12.6 Å². The van der Waals surface area contributed by atoms with E-state index in [0.29, 0.717) is 11.7 Å². The molecule has 1 aliphatic heterocycles. The molecule has 108 valence electrons. The summed E-state index contributed by atoms with van der Waals surface area (Å²) in [4.78, 5) is 0. The summed E-state index contributed by atoms with van der Waals surface area (Å²) >= 11 is 0. The van der Waals surface area contributed by atoms with E-state index in [0.717, 1.165) is 24.4 Å². The largest absolute Gasteiger partial charge is 0.370 e. The maximum Gasteiger partial charge on any atom is 0.0708 e. The van der Waals surface area contributed by atoms with Crippen LogP contribution < -0.4 is 5.32 Å². The number of rotatable bonds is 5. The molecule has 1 N–H and O–H groups in total. The highest BCUT2D eigenvalue weighted by atomic mass is 16.5. The summed E-state index contributed by atoms with van der Waals surface area (Å²) in [6, 6.07) is 0.839. The predicted octanol–water partition coefficient (Wildman–Crippen LogP) is 3.65. The highest BCUT2D eigenvalue weighted by molar-refractivity contribution is 4.98. The minimum absolute atomic E-state index is 0.305. The molecule has 0 bridgehead atoms. The van der Waals surface area contributed by atoms with E-state index in [1.807, 2.05) is 0 Å². The van der Waals surface area contributed by atoms with Crippen LogP contribution in [0.25, 0.3) is 0 Å². The average molecular weight is 263 g/mol. The molecule has 1 spiro atoms. The van der Waals surface area contributed by atoms with Gasteiger partial charge in [-0.25, -0.2) is 0 Å². The third-order valence-electron chi connectivity index (χ3n) is 5.94. The molecule has 1 atom stereocenters. The molecular weight excluding hydrogens is 234 g/mol. The zero-order chi connectivity index (χ0) is 12.7. The lowest BCUT2D eigenvalue weighted by Crippen LogP contribution is -2.40. The van der Waals surface area contributed by atoms with Gasteiger partial charge in [-0.3, -0.25) is 0 Å². The second kappa shape index (κ2) is 5.04. The minimum Gasteiger partial charge on any atom is -0.370 e. The lowest BCUT2D eigenvalue weighted by atomic mass is 9.83. The molecule has 1 heterocycles. The van der Waals surface area contributed by atoms with Crippen molar-refractivity contribution >= 4 is 0 Å². The normalized spacial score (nSPS) is 34.3. The van der Waals surface area contributed by atoms with E-state index in [-0.39, 0.29) is 0 Å². The molecule has 0 amide bonds. The standard InChI is InChI=1S/C17H29NO/c1-2-9-17(10-3-1)11-8-15(19-17)12-18-16(13-4-5-13)14-6-7-14/h13-16,18H,1-12H2. The summed E-state index contributed by atoms with van der Waals surface area (Å²) in [7, 11) is 0. The molecule has 3 saturated carbocycles. The highest BCUT2D eigenvalue weighted by Crippen LogP contribution is 2.45. The lowest BCUT2D eigenvalue weighted by molar-refractivity contribution is -0.0632. The van der Waals surface area contributed by atoms with E-state index in [1.54, 1.807) is 0 Å². The average Bonchev–Trinajstić information content (AvgIpc) is 3.33. The maximum absolute atomic E-state index is 6.48. The first-order valence-corrected chi connectivity index (χ1v) is 8.76. The molecule has 0 aromatic rings. The van der Waals surface area contributed by atoms with Crippen LogP contribution in [0.3, 0.4) is 0 Å². The van der Waals surface area contributed by atoms with Gasteiger partial charge in [0.1, 0.15) is 0 Å². The Hall–Kier alpha value is -0.0800. The molecule has 2 nitrogen and oxygen atoms in total. The summed E-state index contributed by atoms with van der Waals surface area (Å²) in [6.07, 6.45) is 15.9. The van der Waals surface area contributed by atoms with Crippen molar-refractivity contribution in [2.75, 3.05) is 6.54 Å². The van der Waals surface area contributed by atoms with E-state index in [1.165, 1.54) is 70.6 Å². The lowest BCUT2D eigenvalue weighted by Gasteiger charge is -2.33. The van der Waals surface area contributed by atoms with Crippen LogP contribution in [0.15, 0.2) is 0 Å². The van der Waals surface area contributed by atoms with Crippen LogP contribution in [-0.4, -0.2) is 24.3 Å². The minimum atomic E-state index is 0.305. The van der Waals surface area contributed by atoms with Gasteiger partial charge in [0.05, 0.1) is 11.7 Å². The second-order valence-electron chi connectivity index (χ2n) is 7.63. The Labute approximate surface area is 117 Å². The van der Waals surface area contributed by atoms with Crippen molar-refractivity contribution in [1.82, 2.24) is 5.32 Å². The van der Waals surface area contributed by atoms with Gasteiger partial charge < -0.3 is 10.1 Å². The van der Waals surface area contributed by atoms with Crippen molar-refractivity contribution in [2.45, 2.75) is 88.4 Å². The SMILES string of the molecule is C1CCC2(CC1)CCC(CNC(C1CC1)C1CC1)O2. The Morgan fingerprint density at radius 1 is 0.895 bits per heavy atom. The molecule has 1 unspecified atom stereocenters. The molecule has 4 rings (SSSR count). The fraction of sp³-hybridized carbons (Fsp3) is 1.00. The van der Waals surface area contributed by atoms with Crippen molar-refractivity contribution in [3.05, 3.63) is 0 Å². The maximum atomic E-state index is 6.48. The van der Waals surface area contributed by atoms with Crippen molar-refractivity contribution < 1.29 is 4.74 Å². The van der Waals surface area contributed by atoms with Crippen molar-refractivity contribution in [2.24, 2.45) is 11.8 Å². The first-order chi connectivity index (χ1) is 9.35. The van der Waals surface area contributed by atoms with Gasteiger partial charge in [-0.2, -0.15) is 0 Å². The van der Waals surface area contributed by atoms with Gasteiger partial charge in [-0.05, 0) is 63.2 Å². The quantitative estimate of drug-likeness (QED) is 0.817. The van der Waals surface area contributed by atoms with Gasteiger partial charge in [0.25, 0.3) is 0 Å². The Morgan fingerprint density at radius 2 is 1.58 bits per heavy atom. The Bertz CT molecular complexity index is 303. The zero-order valence-corrected chi connectivity index (χ0v) is 12.2. The molecule has 2 heteroatoms. The summed E-state index contributed by atoms with van der Waals surface area (Å²) in [5, 5.41) is 3.88. The number of hydrogen-bond donors (Lipinski definition) is 1. The van der Waals surface area contributed by atoms with E-state index >= 15 is 0 Å².